The third-order valence-corrected chi connectivity index (χ3v) is 4.61. The molecule has 3 aromatic rings. The molecule has 0 heterocycles. The Morgan fingerprint density at radius 3 is 2.43 bits per heavy atom. The van der Waals surface area contributed by atoms with Crippen molar-refractivity contribution in [2.45, 2.75) is 26.4 Å². The van der Waals surface area contributed by atoms with Crippen molar-refractivity contribution in [3.63, 3.8) is 0 Å². The lowest BCUT2D eigenvalue weighted by atomic mass is 10.2. The van der Waals surface area contributed by atoms with Gasteiger partial charge in [0.1, 0.15) is 11.5 Å². The van der Waals surface area contributed by atoms with E-state index < -0.39 is 6.10 Å². The number of aryl methyl sites for hydroxylation is 1. The van der Waals surface area contributed by atoms with E-state index in [0.717, 1.165) is 5.56 Å². The van der Waals surface area contributed by atoms with Crippen LogP contribution in [0.3, 0.4) is 0 Å². The van der Waals surface area contributed by atoms with Crippen molar-refractivity contribution >= 4 is 23.2 Å². The van der Waals surface area contributed by atoms with Crippen LogP contribution in [0.25, 0.3) is 0 Å². The first-order valence-electron chi connectivity index (χ1n) is 9.12. The van der Waals surface area contributed by atoms with Crippen LogP contribution in [0.4, 0.5) is 5.69 Å². The Kier molecular flexibility index (Phi) is 6.56. The molecule has 1 atom stereocenters. The van der Waals surface area contributed by atoms with Crippen LogP contribution in [0, 0.1) is 6.92 Å². The van der Waals surface area contributed by atoms with Gasteiger partial charge in [-0.05, 0) is 61.4 Å². The Hall–Kier alpha value is -2.98. The summed E-state index contributed by atoms with van der Waals surface area (Å²) in [5.41, 5.74) is 1.49. The normalized spacial score (nSPS) is 11.5. The molecule has 1 N–H and O–H groups in total. The van der Waals surface area contributed by atoms with Gasteiger partial charge in [0.05, 0.1) is 5.69 Å². The van der Waals surface area contributed by atoms with Gasteiger partial charge in [-0.25, -0.2) is 0 Å². The first-order chi connectivity index (χ1) is 13.6. The maximum absolute atomic E-state index is 12.8. The summed E-state index contributed by atoms with van der Waals surface area (Å²) >= 11 is 6.06. The number of carbonyl (C=O) groups is 1. The van der Waals surface area contributed by atoms with Crippen molar-refractivity contribution in [1.29, 1.82) is 0 Å². The van der Waals surface area contributed by atoms with Gasteiger partial charge in [0.2, 0.25) is 0 Å². The van der Waals surface area contributed by atoms with Gasteiger partial charge >= 0.3 is 0 Å². The molecule has 0 saturated carbocycles. The highest BCUT2D eigenvalue weighted by molar-refractivity contribution is 6.31. The molecule has 144 valence electrons. The van der Waals surface area contributed by atoms with Crippen LogP contribution in [-0.4, -0.2) is 12.0 Å². The minimum absolute atomic E-state index is 0.237. The van der Waals surface area contributed by atoms with Crippen LogP contribution < -0.4 is 14.8 Å². The summed E-state index contributed by atoms with van der Waals surface area (Å²) in [6.07, 6.45) is -0.111. The fraction of sp³-hybridized carbons (Fsp3) is 0.174. The van der Waals surface area contributed by atoms with Crippen LogP contribution in [0.2, 0.25) is 5.02 Å². The van der Waals surface area contributed by atoms with E-state index in [1.54, 1.807) is 18.2 Å². The maximum atomic E-state index is 12.8. The van der Waals surface area contributed by atoms with E-state index in [1.165, 1.54) is 0 Å². The summed E-state index contributed by atoms with van der Waals surface area (Å²) in [5, 5.41) is 3.58. The Labute approximate surface area is 170 Å². The Balaban J connectivity index is 1.73. The molecule has 0 aliphatic rings. The average Bonchev–Trinajstić information content (AvgIpc) is 2.71. The third-order valence-electron chi connectivity index (χ3n) is 4.19. The van der Waals surface area contributed by atoms with Gasteiger partial charge in [-0.15, -0.1) is 0 Å². The average molecular weight is 396 g/mol. The summed E-state index contributed by atoms with van der Waals surface area (Å²) in [6, 6.07) is 22.1. The number of para-hydroxylation sites is 3. The molecule has 1 unspecified atom stereocenters. The molecular weight excluding hydrogens is 374 g/mol. The second-order valence-electron chi connectivity index (χ2n) is 6.33. The summed E-state index contributed by atoms with van der Waals surface area (Å²) in [6.45, 7) is 3.80. The van der Waals surface area contributed by atoms with Gasteiger partial charge in [0.15, 0.2) is 11.9 Å². The van der Waals surface area contributed by atoms with E-state index in [1.807, 2.05) is 68.4 Å². The minimum Gasteiger partial charge on any atom is -0.481 e. The number of anilines is 1. The van der Waals surface area contributed by atoms with Gasteiger partial charge in [0.25, 0.3) is 5.91 Å². The van der Waals surface area contributed by atoms with Gasteiger partial charge in [-0.3, -0.25) is 4.79 Å². The van der Waals surface area contributed by atoms with E-state index in [-0.39, 0.29) is 5.91 Å². The first-order valence-corrected chi connectivity index (χ1v) is 9.50. The van der Waals surface area contributed by atoms with Gasteiger partial charge in [-0.1, -0.05) is 48.9 Å². The van der Waals surface area contributed by atoms with Gasteiger partial charge < -0.3 is 14.8 Å². The molecule has 0 spiro atoms. The van der Waals surface area contributed by atoms with Crippen LogP contribution in [0.15, 0.2) is 72.8 Å². The Bertz CT molecular complexity index is 944. The number of amides is 1. The van der Waals surface area contributed by atoms with Crippen LogP contribution in [-0.2, 0) is 4.79 Å². The lowest BCUT2D eigenvalue weighted by Crippen LogP contribution is -2.32. The molecule has 4 nitrogen and oxygen atoms in total. The fourth-order valence-corrected chi connectivity index (χ4v) is 2.78. The summed E-state index contributed by atoms with van der Waals surface area (Å²) in [4.78, 5) is 12.8. The van der Waals surface area contributed by atoms with Gasteiger partial charge in [-0.2, -0.15) is 0 Å². The SMILES string of the molecule is CCC(Oc1ccc(Cl)c(C)c1)C(=O)Nc1ccccc1Oc1ccccc1. The van der Waals surface area contributed by atoms with Crippen LogP contribution in [0.1, 0.15) is 18.9 Å². The number of rotatable bonds is 7. The highest BCUT2D eigenvalue weighted by Gasteiger charge is 2.20. The zero-order valence-electron chi connectivity index (χ0n) is 15.8. The first kappa shape index (κ1) is 19.8. The summed E-state index contributed by atoms with van der Waals surface area (Å²) < 4.78 is 11.8. The third kappa shape index (κ3) is 5.05. The summed E-state index contributed by atoms with van der Waals surface area (Å²) in [5.74, 6) is 1.64. The molecule has 0 aromatic heterocycles. The van der Waals surface area contributed by atoms with Crippen molar-refractivity contribution in [1.82, 2.24) is 0 Å². The van der Waals surface area contributed by atoms with E-state index in [4.69, 9.17) is 21.1 Å². The van der Waals surface area contributed by atoms with Crippen molar-refractivity contribution in [2.24, 2.45) is 0 Å². The number of halogens is 1. The molecule has 5 heteroatoms. The standard InChI is InChI=1S/C23H22ClNO3/c1-3-21(28-18-13-14-19(24)16(2)15-18)23(26)25-20-11-7-8-12-22(20)27-17-9-5-4-6-10-17/h4-15,21H,3H2,1-2H3,(H,25,26). The fourth-order valence-electron chi connectivity index (χ4n) is 2.66. The molecule has 28 heavy (non-hydrogen) atoms. The number of benzene rings is 3. The van der Waals surface area contributed by atoms with Crippen LogP contribution >= 0.6 is 11.6 Å². The second-order valence-corrected chi connectivity index (χ2v) is 6.73. The highest BCUT2D eigenvalue weighted by Crippen LogP contribution is 2.29. The molecule has 0 bridgehead atoms. The molecule has 0 saturated heterocycles. The van der Waals surface area contributed by atoms with Crippen LogP contribution in [0.5, 0.6) is 17.2 Å². The molecule has 0 radical (unpaired) electrons. The van der Waals surface area contributed by atoms with E-state index in [9.17, 15) is 4.79 Å². The lowest BCUT2D eigenvalue weighted by molar-refractivity contribution is -0.122. The largest absolute Gasteiger partial charge is 0.481 e. The zero-order chi connectivity index (χ0) is 19.9. The molecule has 0 fully saturated rings. The zero-order valence-corrected chi connectivity index (χ0v) is 16.6. The van der Waals surface area contributed by atoms with E-state index in [2.05, 4.69) is 5.32 Å². The molecule has 3 rings (SSSR count). The predicted octanol–water partition coefficient (Wildman–Crippen LogP) is 6.24. The Morgan fingerprint density at radius 1 is 1.00 bits per heavy atom. The molecular formula is C23H22ClNO3. The second kappa shape index (κ2) is 9.29. The predicted molar refractivity (Wildman–Crippen MR) is 112 cm³/mol. The van der Waals surface area contributed by atoms with Crippen molar-refractivity contribution < 1.29 is 14.3 Å². The monoisotopic (exact) mass is 395 g/mol. The van der Waals surface area contributed by atoms with E-state index >= 15 is 0 Å². The molecule has 0 aliphatic carbocycles. The molecule has 3 aromatic carbocycles. The highest BCUT2D eigenvalue weighted by atomic mass is 35.5. The minimum atomic E-state index is -0.634. The van der Waals surface area contributed by atoms with E-state index in [0.29, 0.717) is 34.4 Å². The van der Waals surface area contributed by atoms with Gasteiger partial charge in [0, 0.05) is 5.02 Å². The summed E-state index contributed by atoms with van der Waals surface area (Å²) in [7, 11) is 0. The van der Waals surface area contributed by atoms with Crippen molar-refractivity contribution in [3.8, 4) is 17.2 Å². The smallest absolute Gasteiger partial charge is 0.265 e. The topological polar surface area (TPSA) is 47.6 Å². The van der Waals surface area contributed by atoms with Crippen molar-refractivity contribution in [3.05, 3.63) is 83.4 Å². The number of nitrogens with one attached hydrogen (secondary N) is 1. The molecule has 0 aliphatic heterocycles. The quantitative estimate of drug-likeness (QED) is 0.515. The van der Waals surface area contributed by atoms with Crippen molar-refractivity contribution in [2.75, 3.05) is 5.32 Å². The molecule has 1 amide bonds. The number of ether oxygens (including phenoxy) is 2. The number of carbonyl (C=O) groups excluding carboxylic acids is 1. The lowest BCUT2D eigenvalue weighted by Gasteiger charge is -2.19. The number of hydrogen-bond acceptors (Lipinski definition) is 3. The maximum Gasteiger partial charge on any atom is 0.265 e. The number of hydrogen-bond donors (Lipinski definition) is 1. The Morgan fingerprint density at radius 2 is 1.71 bits per heavy atom.